The lowest BCUT2D eigenvalue weighted by atomic mass is 10.1. The number of nitrogens with two attached hydrogens (primary N) is 1. The predicted octanol–water partition coefficient (Wildman–Crippen LogP) is 0.504. The van der Waals surface area contributed by atoms with Crippen molar-refractivity contribution in [1.82, 2.24) is 4.90 Å². The SMILES string of the molecule is NC(CC(=O)N1CC2CCC(C1)O2)C1CC1. The molecule has 4 nitrogen and oxygen atoms in total. The van der Waals surface area contributed by atoms with Crippen LogP contribution in [0.15, 0.2) is 0 Å². The van der Waals surface area contributed by atoms with Crippen LogP contribution in [0.1, 0.15) is 32.1 Å². The van der Waals surface area contributed by atoms with Crippen molar-refractivity contribution in [3.05, 3.63) is 0 Å². The number of carbonyl (C=O) groups excluding carboxylic acids is 1. The van der Waals surface area contributed by atoms with Crippen LogP contribution in [0.2, 0.25) is 0 Å². The summed E-state index contributed by atoms with van der Waals surface area (Å²) in [6.07, 6.45) is 5.77. The maximum Gasteiger partial charge on any atom is 0.224 e. The summed E-state index contributed by atoms with van der Waals surface area (Å²) < 4.78 is 5.72. The van der Waals surface area contributed by atoms with Crippen molar-refractivity contribution in [3.8, 4) is 0 Å². The highest BCUT2D eigenvalue weighted by atomic mass is 16.5. The fraction of sp³-hybridized carbons (Fsp3) is 0.917. The molecule has 3 aliphatic rings. The van der Waals surface area contributed by atoms with Gasteiger partial charge in [-0.1, -0.05) is 0 Å². The van der Waals surface area contributed by atoms with Gasteiger partial charge in [0, 0.05) is 25.6 Å². The Morgan fingerprint density at radius 3 is 2.44 bits per heavy atom. The Balaban J connectivity index is 1.54. The molecular weight excluding hydrogens is 204 g/mol. The molecule has 90 valence electrons. The summed E-state index contributed by atoms with van der Waals surface area (Å²) in [6.45, 7) is 1.57. The molecule has 3 fully saturated rings. The Morgan fingerprint density at radius 2 is 1.88 bits per heavy atom. The molecule has 1 amide bonds. The van der Waals surface area contributed by atoms with Crippen molar-refractivity contribution in [3.63, 3.8) is 0 Å². The summed E-state index contributed by atoms with van der Waals surface area (Å²) in [5.74, 6) is 0.848. The summed E-state index contributed by atoms with van der Waals surface area (Å²) >= 11 is 0. The van der Waals surface area contributed by atoms with Gasteiger partial charge in [-0.3, -0.25) is 4.79 Å². The standard InChI is InChI=1S/C12H20N2O2/c13-11(8-1-2-8)5-12(15)14-6-9-3-4-10(7-14)16-9/h8-11H,1-7,13H2. The van der Waals surface area contributed by atoms with E-state index in [0.717, 1.165) is 25.9 Å². The molecule has 3 rings (SSSR count). The van der Waals surface area contributed by atoms with Gasteiger partial charge in [0.25, 0.3) is 0 Å². The molecule has 4 heteroatoms. The maximum absolute atomic E-state index is 12.0. The van der Waals surface area contributed by atoms with Crippen LogP contribution in [0.4, 0.5) is 0 Å². The van der Waals surface area contributed by atoms with Crippen LogP contribution in [-0.2, 0) is 9.53 Å². The van der Waals surface area contributed by atoms with Gasteiger partial charge in [0.1, 0.15) is 0 Å². The maximum atomic E-state index is 12.0. The normalized spacial score (nSPS) is 35.2. The quantitative estimate of drug-likeness (QED) is 0.759. The molecule has 2 N–H and O–H groups in total. The van der Waals surface area contributed by atoms with E-state index in [9.17, 15) is 4.79 Å². The van der Waals surface area contributed by atoms with Crippen molar-refractivity contribution in [1.29, 1.82) is 0 Å². The average Bonchev–Trinajstić information content (AvgIpc) is 3.05. The van der Waals surface area contributed by atoms with E-state index in [1.165, 1.54) is 12.8 Å². The van der Waals surface area contributed by atoms with E-state index < -0.39 is 0 Å². The first-order valence-electron chi connectivity index (χ1n) is 6.41. The van der Waals surface area contributed by atoms with E-state index in [4.69, 9.17) is 10.5 Å². The molecule has 16 heavy (non-hydrogen) atoms. The van der Waals surface area contributed by atoms with Crippen LogP contribution in [0.5, 0.6) is 0 Å². The zero-order chi connectivity index (χ0) is 11.1. The van der Waals surface area contributed by atoms with E-state index in [1.807, 2.05) is 4.90 Å². The minimum atomic E-state index is 0.0907. The van der Waals surface area contributed by atoms with E-state index >= 15 is 0 Å². The molecule has 1 aliphatic carbocycles. The Morgan fingerprint density at radius 1 is 1.25 bits per heavy atom. The number of morpholine rings is 1. The monoisotopic (exact) mass is 224 g/mol. The first-order chi connectivity index (χ1) is 7.72. The van der Waals surface area contributed by atoms with Gasteiger partial charge in [0.05, 0.1) is 12.2 Å². The number of carbonyl (C=O) groups is 1. The second-order valence-electron chi connectivity index (χ2n) is 5.46. The third kappa shape index (κ3) is 2.09. The predicted molar refractivity (Wildman–Crippen MR) is 59.8 cm³/mol. The lowest BCUT2D eigenvalue weighted by Gasteiger charge is -2.32. The molecule has 3 atom stereocenters. The van der Waals surface area contributed by atoms with Gasteiger partial charge in [0.2, 0.25) is 5.91 Å². The van der Waals surface area contributed by atoms with Crippen molar-refractivity contribution >= 4 is 5.91 Å². The van der Waals surface area contributed by atoms with Gasteiger partial charge in [-0.2, -0.15) is 0 Å². The summed E-state index contributed by atoms with van der Waals surface area (Å²) in [6, 6.07) is 0.0907. The smallest absolute Gasteiger partial charge is 0.224 e. The largest absolute Gasteiger partial charge is 0.371 e. The first kappa shape index (κ1) is 10.5. The molecular formula is C12H20N2O2. The zero-order valence-corrected chi connectivity index (χ0v) is 9.60. The lowest BCUT2D eigenvalue weighted by Crippen LogP contribution is -2.47. The van der Waals surface area contributed by atoms with Crippen LogP contribution >= 0.6 is 0 Å². The highest BCUT2D eigenvalue weighted by molar-refractivity contribution is 5.77. The first-order valence-corrected chi connectivity index (χ1v) is 6.41. The fourth-order valence-electron chi connectivity index (χ4n) is 2.84. The van der Waals surface area contributed by atoms with Gasteiger partial charge < -0.3 is 15.4 Å². The van der Waals surface area contributed by atoms with Gasteiger partial charge in [-0.25, -0.2) is 0 Å². The number of hydrogen-bond donors (Lipinski definition) is 1. The molecule has 2 saturated heterocycles. The lowest BCUT2D eigenvalue weighted by molar-refractivity contribution is -0.140. The highest BCUT2D eigenvalue weighted by Gasteiger charge is 2.37. The number of amides is 1. The zero-order valence-electron chi connectivity index (χ0n) is 9.60. The number of nitrogens with zero attached hydrogens (tertiary/aromatic N) is 1. The minimum absolute atomic E-state index is 0.0907. The summed E-state index contributed by atoms with van der Waals surface area (Å²) in [7, 11) is 0. The third-order valence-electron chi connectivity index (χ3n) is 4.03. The summed E-state index contributed by atoms with van der Waals surface area (Å²) in [5.41, 5.74) is 5.99. The summed E-state index contributed by atoms with van der Waals surface area (Å²) in [4.78, 5) is 14.0. The van der Waals surface area contributed by atoms with E-state index in [2.05, 4.69) is 0 Å². The minimum Gasteiger partial charge on any atom is -0.371 e. The summed E-state index contributed by atoms with van der Waals surface area (Å²) in [5, 5.41) is 0. The molecule has 2 bridgehead atoms. The number of hydrogen-bond acceptors (Lipinski definition) is 3. The van der Waals surface area contributed by atoms with Gasteiger partial charge in [-0.15, -0.1) is 0 Å². The van der Waals surface area contributed by atoms with Crippen molar-refractivity contribution in [2.75, 3.05) is 13.1 Å². The van der Waals surface area contributed by atoms with E-state index in [0.29, 0.717) is 24.5 Å². The number of fused-ring (bicyclic) bond motifs is 2. The van der Waals surface area contributed by atoms with Crippen LogP contribution in [0.3, 0.4) is 0 Å². The average molecular weight is 224 g/mol. The van der Waals surface area contributed by atoms with Crippen LogP contribution < -0.4 is 5.73 Å². The second kappa shape index (κ2) is 4.00. The molecule has 2 heterocycles. The molecule has 0 aromatic heterocycles. The van der Waals surface area contributed by atoms with Crippen molar-refractivity contribution in [2.24, 2.45) is 11.7 Å². The molecule has 0 aromatic rings. The van der Waals surface area contributed by atoms with Crippen LogP contribution in [-0.4, -0.2) is 42.1 Å². The number of rotatable bonds is 3. The number of likely N-dealkylation sites (tertiary alicyclic amines) is 1. The van der Waals surface area contributed by atoms with E-state index in [-0.39, 0.29) is 11.9 Å². The van der Waals surface area contributed by atoms with Gasteiger partial charge in [-0.05, 0) is 31.6 Å². The van der Waals surface area contributed by atoms with Crippen LogP contribution in [0.25, 0.3) is 0 Å². The molecule has 3 unspecified atom stereocenters. The van der Waals surface area contributed by atoms with Crippen LogP contribution in [0, 0.1) is 5.92 Å². The number of ether oxygens (including phenoxy) is 1. The second-order valence-corrected chi connectivity index (χ2v) is 5.46. The van der Waals surface area contributed by atoms with Crippen molar-refractivity contribution < 1.29 is 9.53 Å². The molecule has 0 spiro atoms. The Hall–Kier alpha value is -0.610. The highest BCUT2D eigenvalue weighted by Crippen LogP contribution is 2.33. The third-order valence-corrected chi connectivity index (χ3v) is 4.03. The molecule has 0 aromatic carbocycles. The van der Waals surface area contributed by atoms with Crippen molar-refractivity contribution in [2.45, 2.75) is 50.4 Å². The van der Waals surface area contributed by atoms with Gasteiger partial charge >= 0.3 is 0 Å². The molecule has 2 aliphatic heterocycles. The topological polar surface area (TPSA) is 55.6 Å². The Kier molecular flexibility index (Phi) is 2.64. The molecule has 0 radical (unpaired) electrons. The van der Waals surface area contributed by atoms with Gasteiger partial charge in [0.15, 0.2) is 0 Å². The fourth-order valence-corrected chi connectivity index (χ4v) is 2.84. The Bertz CT molecular complexity index is 279. The Labute approximate surface area is 96.1 Å². The molecule has 1 saturated carbocycles. The van der Waals surface area contributed by atoms with E-state index in [1.54, 1.807) is 0 Å².